The average molecular weight is 680 g/mol. The number of hydrogen-bond acceptors (Lipinski definition) is 7. The molecule has 0 radical (unpaired) electrons. The number of unbranched alkanes of at least 4 members (excludes halogenated alkanes) is 16. The van der Waals surface area contributed by atoms with E-state index in [1.807, 2.05) is 6.92 Å². The van der Waals surface area contributed by atoms with Crippen LogP contribution in [-0.2, 0) is 28.6 Å². The van der Waals surface area contributed by atoms with E-state index in [0.29, 0.717) is 19.3 Å². The molecule has 2 atom stereocenters. The highest BCUT2D eigenvalue weighted by molar-refractivity contribution is 5.70. The number of likely N-dealkylation sites (N-methyl/N-ethyl adjacent to an activating group) is 1. The highest BCUT2D eigenvalue weighted by atomic mass is 16.6. The van der Waals surface area contributed by atoms with Gasteiger partial charge in [-0.25, -0.2) is 0 Å². The van der Waals surface area contributed by atoms with Crippen molar-refractivity contribution in [2.45, 2.75) is 174 Å². The van der Waals surface area contributed by atoms with Crippen molar-refractivity contribution in [2.24, 2.45) is 0 Å². The zero-order chi connectivity index (χ0) is 35.7. The summed E-state index contributed by atoms with van der Waals surface area (Å²) in [4.78, 5) is 35.8. The number of quaternary nitrogens is 1. The van der Waals surface area contributed by atoms with Crippen molar-refractivity contribution < 1.29 is 38.2 Å². The van der Waals surface area contributed by atoms with Gasteiger partial charge in [0.15, 0.2) is 6.10 Å². The Morgan fingerprint density at radius 3 is 1.65 bits per heavy atom. The van der Waals surface area contributed by atoms with Crippen LogP contribution in [0, 0.1) is 0 Å². The number of ether oxygens (including phenoxy) is 3. The van der Waals surface area contributed by atoms with Crippen LogP contribution in [0.4, 0.5) is 0 Å². The summed E-state index contributed by atoms with van der Waals surface area (Å²) in [6, 6.07) is -0.719. The largest absolute Gasteiger partial charge is 0.544 e. The third-order valence-electron chi connectivity index (χ3n) is 8.56. The third kappa shape index (κ3) is 29.9. The van der Waals surface area contributed by atoms with Gasteiger partial charge in [-0.1, -0.05) is 122 Å². The summed E-state index contributed by atoms with van der Waals surface area (Å²) in [6.07, 6.45) is 33.6. The maximum absolute atomic E-state index is 12.5. The van der Waals surface area contributed by atoms with Crippen molar-refractivity contribution in [3.8, 4) is 0 Å². The van der Waals surface area contributed by atoms with Crippen molar-refractivity contribution in [1.29, 1.82) is 0 Å². The molecule has 0 spiro atoms. The second-order valence-corrected chi connectivity index (χ2v) is 14.2. The van der Waals surface area contributed by atoms with Crippen LogP contribution < -0.4 is 5.11 Å². The average Bonchev–Trinajstić information content (AvgIpc) is 3.03. The molecule has 0 aromatic heterocycles. The molecule has 48 heavy (non-hydrogen) atoms. The van der Waals surface area contributed by atoms with Crippen molar-refractivity contribution in [3.63, 3.8) is 0 Å². The Balaban J connectivity index is 3.92. The van der Waals surface area contributed by atoms with Crippen molar-refractivity contribution in [3.05, 3.63) is 24.3 Å². The molecule has 0 aromatic carbocycles. The van der Waals surface area contributed by atoms with Crippen LogP contribution in [0.2, 0.25) is 0 Å². The van der Waals surface area contributed by atoms with E-state index in [-0.39, 0.29) is 42.7 Å². The van der Waals surface area contributed by atoms with Crippen LogP contribution in [0.25, 0.3) is 0 Å². The zero-order valence-electron chi connectivity index (χ0n) is 31.7. The Hall–Kier alpha value is -2.19. The van der Waals surface area contributed by atoms with Crippen molar-refractivity contribution in [1.82, 2.24) is 0 Å². The van der Waals surface area contributed by atoms with E-state index < -0.39 is 18.1 Å². The third-order valence-corrected chi connectivity index (χ3v) is 8.56. The molecule has 0 aromatic rings. The predicted octanol–water partition coefficient (Wildman–Crippen LogP) is 8.41. The normalized spacial score (nSPS) is 13.3. The summed E-state index contributed by atoms with van der Waals surface area (Å²) in [7, 11) is 5.37. The molecule has 2 unspecified atom stereocenters. The molecular weight excluding hydrogens is 606 g/mol. The van der Waals surface area contributed by atoms with Gasteiger partial charge >= 0.3 is 11.9 Å². The Kier molecular flexibility index (Phi) is 30.6. The summed E-state index contributed by atoms with van der Waals surface area (Å²) in [5.74, 6) is -1.80. The highest BCUT2D eigenvalue weighted by Gasteiger charge is 2.25. The molecule has 0 fully saturated rings. The number of carboxylic acid groups (broad SMARTS) is 1. The number of aliphatic carboxylic acids is 1. The topological polar surface area (TPSA) is 102 Å². The maximum Gasteiger partial charge on any atom is 0.306 e. The first kappa shape index (κ1) is 45.8. The fourth-order valence-electron chi connectivity index (χ4n) is 5.55. The van der Waals surface area contributed by atoms with E-state index in [4.69, 9.17) is 14.2 Å². The minimum Gasteiger partial charge on any atom is -0.544 e. The molecule has 0 aliphatic heterocycles. The molecule has 0 bridgehead atoms. The SMILES string of the molecule is CCCCCCC/C=C\C/C=C\CCCCCCCCCCCCCC(=O)OC(COCCC(C(=O)[O-])[N+](C)(C)C)COC(=O)CCC. The van der Waals surface area contributed by atoms with Crippen molar-refractivity contribution >= 4 is 17.9 Å². The van der Waals surface area contributed by atoms with Gasteiger partial charge in [0.1, 0.15) is 12.6 Å². The van der Waals surface area contributed by atoms with Gasteiger partial charge in [-0.2, -0.15) is 0 Å². The summed E-state index contributed by atoms with van der Waals surface area (Å²) < 4.78 is 16.7. The molecule has 0 saturated carbocycles. The molecule has 0 aliphatic rings. The van der Waals surface area contributed by atoms with Gasteiger partial charge in [0.05, 0.1) is 40.3 Å². The Morgan fingerprint density at radius 2 is 1.15 bits per heavy atom. The lowest BCUT2D eigenvalue weighted by molar-refractivity contribution is -0.889. The maximum atomic E-state index is 12.5. The van der Waals surface area contributed by atoms with Crippen LogP contribution in [0.3, 0.4) is 0 Å². The van der Waals surface area contributed by atoms with Crippen LogP contribution >= 0.6 is 0 Å². The Bertz CT molecular complexity index is 849. The van der Waals surface area contributed by atoms with E-state index in [9.17, 15) is 19.5 Å². The molecule has 8 nitrogen and oxygen atoms in total. The first-order chi connectivity index (χ1) is 23.1. The minimum atomic E-state index is -1.13. The van der Waals surface area contributed by atoms with Crippen LogP contribution in [0.15, 0.2) is 24.3 Å². The lowest BCUT2D eigenvalue weighted by Crippen LogP contribution is -2.55. The Morgan fingerprint density at radius 1 is 0.625 bits per heavy atom. The predicted molar refractivity (Wildman–Crippen MR) is 194 cm³/mol. The van der Waals surface area contributed by atoms with Gasteiger partial charge in [-0.15, -0.1) is 0 Å². The second-order valence-electron chi connectivity index (χ2n) is 14.2. The van der Waals surface area contributed by atoms with Gasteiger partial charge in [-0.3, -0.25) is 9.59 Å². The van der Waals surface area contributed by atoms with E-state index >= 15 is 0 Å². The number of hydrogen-bond donors (Lipinski definition) is 0. The second kappa shape index (κ2) is 32.0. The lowest BCUT2D eigenvalue weighted by Gasteiger charge is -2.34. The van der Waals surface area contributed by atoms with Gasteiger partial charge in [-0.05, 0) is 44.9 Å². The first-order valence-electron chi connectivity index (χ1n) is 19.4. The van der Waals surface area contributed by atoms with Gasteiger partial charge < -0.3 is 28.6 Å². The van der Waals surface area contributed by atoms with E-state index in [1.165, 1.54) is 96.3 Å². The number of nitrogens with zero attached hydrogens (tertiary/aromatic N) is 1. The van der Waals surface area contributed by atoms with E-state index in [0.717, 1.165) is 25.7 Å². The number of allylic oxidation sites excluding steroid dienone is 4. The summed E-state index contributed by atoms with van der Waals surface area (Å²) in [5.41, 5.74) is 0. The molecule has 0 rings (SSSR count). The molecule has 280 valence electrons. The van der Waals surface area contributed by atoms with Gasteiger partial charge in [0, 0.05) is 19.3 Å². The van der Waals surface area contributed by atoms with Crippen LogP contribution in [0.5, 0.6) is 0 Å². The monoisotopic (exact) mass is 680 g/mol. The van der Waals surface area contributed by atoms with Crippen LogP contribution in [0.1, 0.15) is 162 Å². The number of carboxylic acids is 1. The molecule has 8 heteroatoms. The summed E-state index contributed by atoms with van der Waals surface area (Å²) in [5, 5.41) is 11.5. The fourth-order valence-corrected chi connectivity index (χ4v) is 5.55. The van der Waals surface area contributed by atoms with E-state index in [2.05, 4.69) is 31.2 Å². The number of esters is 2. The Labute approximate surface area is 294 Å². The quantitative estimate of drug-likeness (QED) is 0.0291. The van der Waals surface area contributed by atoms with Crippen LogP contribution in [-0.4, -0.2) is 75.5 Å². The summed E-state index contributed by atoms with van der Waals surface area (Å²) >= 11 is 0. The van der Waals surface area contributed by atoms with Gasteiger partial charge in [0.25, 0.3) is 0 Å². The smallest absolute Gasteiger partial charge is 0.306 e. The number of carbonyl (C=O) groups excluding carboxylic acids is 3. The molecule has 0 amide bonds. The number of rotatable bonds is 34. The minimum absolute atomic E-state index is 0.0380. The molecule has 0 saturated heterocycles. The summed E-state index contributed by atoms with van der Waals surface area (Å²) in [6.45, 7) is 4.29. The van der Waals surface area contributed by atoms with Gasteiger partial charge in [0.2, 0.25) is 0 Å². The van der Waals surface area contributed by atoms with Crippen molar-refractivity contribution in [2.75, 3.05) is 41.0 Å². The molecule has 0 N–H and O–H groups in total. The lowest BCUT2D eigenvalue weighted by atomic mass is 10.0. The first-order valence-corrected chi connectivity index (χ1v) is 19.4. The fraction of sp³-hybridized carbons (Fsp3) is 0.825. The standard InChI is InChI=1S/C40H73NO7/c1-6-8-9-10-11-12-13-14-15-16-17-18-19-20-21-22-23-24-25-26-27-28-29-31-39(43)48-36(35-47-38(42)30-7-2)34-46-33-32-37(40(44)45)41(3,4)5/h13-14,16-17,36-37H,6-12,15,18-35H2,1-5H3/b14-13-,17-16-. The zero-order valence-corrected chi connectivity index (χ0v) is 31.7. The molecule has 0 heterocycles. The number of carbonyl (C=O) groups is 3. The highest BCUT2D eigenvalue weighted by Crippen LogP contribution is 2.14. The van der Waals surface area contributed by atoms with E-state index in [1.54, 1.807) is 21.1 Å². The molecule has 0 aliphatic carbocycles. The molecular formula is C40H73NO7.